The Balaban J connectivity index is 0.00000225. The molecule has 142 valence electrons. The van der Waals surface area contributed by atoms with Crippen LogP contribution in [0, 0.1) is 0 Å². The first kappa shape index (κ1) is 21.0. The molecule has 0 bridgehead atoms. The van der Waals surface area contributed by atoms with Gasteiger partial charge in [-0.05, 0) is 32.0 Å². The van der Waals surface area contributed by atoms with Crippen LogP contribution in [0.3, 0.4) is 0 Å². The fraction of sp³-hybridized carbons (Fsp3) is 0.389. The normalized spacial score (nSPS) is 24.9. The van der Waals surface area contributed by atoms with E-state index in [2.05, 4.69) is 15.6 Å². The molecule has 2 amide bonds. The number of nitrogens with one attached hydrogen (secondary N) is 3. The van der Waals surface area contributed by atoms with Crippen LogP contribution in [0.25, 0.3) is 10.9 Å². The molecular formula is C18H19N4NaO4S. The third-order valence-electron chi connectivity index (χ3n) is 5.02. The molecule has 0 radical (unpaired) electrons. The number of carboxylic acid groups (broad SMARTS) is 1. The number of aromatic nitrogens is 1. The average molecular weight is 410 g/mol. The molecule has 3 N–H and O–H groups in total. The van der Waals surface area contributed by atoms with Gasteiger partial charge in [0, 0.05) is 27.5 Å². The maximum absolute atomic E-state index is 12.4. The molecule has 10 heteroatoms. The minimum Gasteiger partial charge on any atom is -0.548 e. The zero-order chi connectivity index (χ0) is 19.3. The van der Waals surface area contributed by atoms with Crippen molar-refractivity contribution < 1.29 is 49.0 Å². The van der Waals surface area contributed by atoms with Gasteiger partial charge in [-0.25, -0.2) is 0 Å². The van der Waals surface area contributed by atoms with E-state index in [-0.39, 0.29) is 53.3 Å². The number of thioether (sulfide) groups is 1. The second-order valence-electron chi connectivity index (χ2n) is 7.22. The Hall–Kier alpha value is -1.68. The van der Waals surface area contributed by atoms with E-state index in [1.54, 1.807) is 13.8 Å². The maximum Gasteiger partial charge on any atom is 1.00 e. The van der Waals surface area contributed by atoms with Crippen LogP contribution < -0.4 is 45.3 Å². The first-order chi connectivity index (χ1) is 12.8. The molecule has 2 aromatic rings. The van der Waals surface area contributed by atoms with Crippen LogP contribution in [0.2, 0.25) is 0 Å². The molecule has 2 saturated heterocycles. The van der Waals surface area contributed by atoms with Gasteiger partial charge in [-0.3, -0.25) is 9.59 Å². The standard InChI is InChI=1S/C18H20N4O4S.Na/c1-18(2)14(17(25)26)22-15(24)13(16(22)27-18)21-12(23)8-20-11-5-3-4-10-9(11)6-7-19-10;/h3-7,13-14,16,19-20H,8H2,1-2H3,(H,21,23)(H,25,26);/q;+1/p-1/t13-,14+,16-;/m1./s1. The smallest absolute Gasteiger partial charge is 0.548 e. The molecule has 28 heavy (non-hydrogen) atoms. The van der Waals surface area contributed by atoms with Crippen LogP contribution in [0.1, 0.15) is 13.8 Å². The maximum atomic E-state index is 12.4. The van der Waals surface area contributed by atoms with Crippen molar-refractivity contribution in [2.45, 2.75) is 36.1 Å². The van der Waals surface area contributed by atoms with Crippen LogP contribution in [0.15, 0.2) is 30.5 Å². The molecule has 2 aliphatic rings. The second kappa shape index (κ2) is 7.62. The number of fused-ring (bicyclic) bond motifs is 2. The van der Waals surface area contributed by atoms with Gasteiger partial charge >= 0.3 is 29.6 Å². The monoisotopic (exact) mass is 410 g/mol. The number of benzene rings is 1. The molecule has 3 heterocycles. The van der Waals surface area contributed by atoms with Crippen molar-refractivity contribution in [1.29, 1.82) is 0 Å². The van der Waals surface area contributed by atoms with Crippen molar-refractivity contribution in [3.63, 3.8) is 0 Å². The summed E-state index contributed by atoms with van der Waals surface area (Å²) in [6.45, 7) is 3.54. The first-order valence-corrected chi connectivity index (χ1v) is 9.48. The Kier molecular flexibility index (Phi) is 5.73. The average Bonchev–Trinajstić information content (AvgIpc) is 3.18. The van der Waals surface area contributed by atoms with Gasteiger partial charge in [0.15, 0.2) is 0 Å². The van der Waals surface area contributed by atoms with Crippen molar-refractivity contribution in [2.75, 3.05) is 11.9 Å². The van der Waals surface area contributed by atoms with E-state index in [9.17, 15) is 19.5 Å². The molecule has 4 rings (SSSR count). The number of aromatic amines is 1. The van der Waals surface area contributed by atoms with E-state index < -0.39 is 22.8 Å². The van der Waals surface area contributed by atoms with Gasteiger partial charge in [0.05, 0.1) is 18.6 Å². The Morgan fingerprint density at radius 3 is 2.79 bits per heavy atom. The third-order valence-corrected chi connectivity index (χ3v) is 6.59. The SMILES string of the molecule is CC1(C)S[C@@H]2[C@H](NC(=O)CNc3cccc4[nH]ccc34)C(=O)N2[C@H]1C(=O)[O-].[Na+]. The number of carbonyl (C=O) groups excluding carboxylic acids is 3. The van der Waals surface area contributed by atoms with Gasteiger partial charge in [0.2, 0.25) is 11.8 Å². The largest absolute Gasteiger partial charge is 1.00 e. The molecule has 1 aromatic carbocycles. The summed E-state index contributed by atoms with van der Waals surface area (Å²) >= 11 is 1.37. The van der Waals surface area contributed by atoms with Crippen LogP contribution in [-0.2, 0) is 14.4 Å². The predicted molar refractivity (Wildman–Crippen MR) is 99.8 cm³/mol. The minimum atomic E-state index is -1.27. The first-order valence-electron chi connectivity index (χ1n) is 8.60. The number of aliphatic carboxylic acids is 1. The number of amides is 2. The number of hydrogen-bond acceptors (Lipinski definition) is 6. The van der Waals surface area contributed by atoms with Gasteiger partial charge < -0.3 is 30.4 Å². The second-order valence-corrected chi connectivity index (χ2v) is 8.99. The number of β-lactam (4-membered cyclic amide) rings is 1. The van der Waals surface area contributed by atoms with Crippen LogP contribution in [-0.4, -0.2) is 56.4 Å². The summed E-state index contributed by atoms with van der Waals surface area (Å²) in [5, 5.41) is 17.8. The summed E-state index contributed by atoms with van der Waals surface area (Å²) in [5.41, 5.74) is 1.78. The number of carbonyl (C=O) groups is 3. The molecule has 3 atom stereocenters. The summed E-state index contributed by atoms with van der Waals surface area (Å²) in [6.07, 6.45) is 1.82. The molecule has 8 nitrogen and oxygen atoms in total. The summed E-state index contributed by atoms with van der Waals surface area (Å²) in [6, 6.07) is 5.91. The third kappa shape index (κ3) is 3.41. The van der Waals surface area contributed by atoms with Gasteiger partial charge in [0.25, 0.3) is 0 Å². The van der Waals surface area contributed by atoms with E-state index in [1.807, 2.05) is 30.5 Å². The predicted octanol–water partition coefficient (Wildman–Crippen LogP) is -3.12. The van der Waals surface area contributed by atoms with Crippen molar-refractivity contribution in [3.05, 3.63) is 30.5 Å². The Bertz CT molecular complexity index is 947. The zero-order valence-electron chi connectivity index (χ0n) is 15.8. The fourth-order valence-corrected chi connectivity index (χ4v) is 5.39. The molecule has 2 fully saturated rings. The Labute approximate surface area is 188 Å². The summed E-state index contributed by atoms with van der Waals surface area (Å²) < 4.78 is -0.666. The number of nitrogens with zero attached hydrogens (tertiary/aromatic N) is 1. The van der Waals surface area contributed by atoms with Crippen molar-refractivity contribution in [3.8, 4) is 0 Å². The molecule has 0 saturated carbocycles. The van der Waals surface area contributed by atoms with Gasteiger partial charge in [-0.2, -0.15) is 0 Å². The number of hydrogen-bond donors (Lipinski definition) is 3. The molecule has 2 aliphatic heterocycles. The van der Waals surface area contributed by atoms with Gasteiger partial charge in [0.1, 0.15) is 11.4 Å². The quantitative estimate of drug-likeness (QED) is 0.355. The van der Waals surface area contributed by atoms with Crippen molar-refractivity contribution in [2.24, 2.45) is 0 Å². The van der Waals surface area contributed by atoms with E-state index >= 15 is 0 Å². The molecule has 1 aromatic heterocycles. The number of H-pyrrole nitrogens is 1. The molecule has 0 unspecified atom stereocenters. The molecule has 0 spiro atoms. The van der Waals surface area contributed by atoms with Crippen LogP contribution in [0.5, 0.6) is 0 Å². The molecular weight excluding hydrogens is 391 g/mol. The van der Waals surface area contributed by atoms with Crippen LogP contribution in [0.4, 0.5) is 5.69 Å². The number of carboxylic acids is 1. The summed E-state index contributed by atoms with van der Waals surface area (Å²) in [7, 11) is 0. The minimum absolute atomic E-state index is 0. The topological polar surface area (TPSA) is 117 Å². The fourth-order valence-electron chi connectivity index (χ4n) is 3.77. The number of anilines is 1. The summed E-state index contributed by atoms with van der Waals surface area (Å²) in [5.74, 6) is -1.97. The zero-order valence-corrected chi connectivity index (χ0v) is 18.6. The van der Waals surface area contributed by atoms with E-state index in [1.165, 1.54) is 16.7 Å². The van der Waals surface area contributed by atoms with Crippen LogP contribution >= 0.6 is 11.8 Å². The Morgan fingerprint density at radius 2 is 2.07 bits per heavy atom. The van der Waals surface area contributed by atoms with Gasteiger partial charge in [-0.15, -0.1) is 11.8 Å². The molecule has 0 aliphatic carbocycles. The van der Waals surface area contributed by atoms with Crippen molar-refractivity contribution >= 4 is 46.1 Å². The van der Waals surface area contributed by atoms with E-state index in [4.69, 9.17) is 0 Å². The Morgan fingerprint density at radius 1 is 1.32 bits per heavy atom. The van der Waals surface area contributed by atoms with Gasteiger partial charge in [-0.1, -0.05) is 6.07 Å². The summed E-state index contributed by atoms with van der Waals surface area (Å²) in [4.78, 5) is 40.5. The van der Waals surface area contributed by atoms with Crippen molar-refractivity contribution in [1.82, 2.24) is 15.2 Å². The number of rotatable bonds is 5. The van der Waals surface area contributed by atoms with E-state index in [0.717, 1.165) is 16.6 Å². The van der Waals surface area contributed by atoms with E-state index in [0.29, 0.717) is 0 Å².